The number of benzene rings is 1. The average Bonchev–Trinajstić information content (AvgIpc) is 2.74. The van der Waals surface area contributed by atoms with Gasteiger partial charge in [0.2, 0.25) is 0 Å². The Hall–Kier alpha value is -1.71. The van der Waals surface area contributed by atoms with E-state index in [9.17, 15) is 8.42 Å². The highest BCUT2D eigenvalue weighted by Gasteiger charge is 2.16. The summed E-state index contributed by atoms with van der Waals surface area (Å²) in [5.74, 6) is -0.0691. The van der Waals surface area contributed by atoms with E-state index in [2.05, 4.69) is 20.1 Å². The number of aromatic nitrogens is 4. The molecule has 0 amide bonds. The standard InChI is InChI=1S/C9H12N6O2S.ClH/c1-15-12-9(11-14-15)13-18(16,17)8-4-2-7(6-10)3-5-8;/h2-5H,6,10H2,1H3,(H,12,13);1H. The lowest BCUT2D eigenvalue weighted by molar-refractivity contribution is 0.600. The lowest BCUT2D eigenvalue weighted by Crippen LogP contribution is -2.14. The Morgan fingerprint density at radius 1 is 1.32 bits per heavy atom. The molecule has 1 aromatic heterocycles. The largest absolute Gasteiger partial charge is 0.326 e. The van der Waals surface area contributed by atoms with Crippen LogP contribution >= 0.6 is 12.4 Å². The van der Waals surface area contributed by atoms with Crippen LogP contribution in [0.3, 0.4) is 0 Å². The molecule has 0 unspecified atom stereocenters. The van der Waals surface area contributed by atoms with Crippen molar-refractivity contribution >= 4 is 28.4 Å². The Kier molecular flexibility index (Phi) is 4.81. The van der Waals surface area contributed by atoms with Gasteiger partial charge in [-0.25, -0.2) is 13.1 Å². The Balaban J connectivity index is 0.00000180. The SMILES string of the molecule is Cl.Cn1nnc(NS(=O)(=O)c2ccc(CN)cc2)n1. The summed E-state index contributed by atoms with van der Waals surface area (Å²) in [6, 6.07) is 6.25. The van der Waals surface area contributed by atoms with E-state index in [0.29, 0.717) is 6.54 Å². The van der Waals surface area contributed by atoms with Gasteiger partial charge in [-0.2, -0.15) is 4.80 Å². The molecule has 0 spiro atoms. The predicted octanol–water partition coefficient (Wildman–Crippen LogP) is -0.109. The molecule has 0 aliphatic carbocycles. The van der Waals surface area contributed by atoms with E-state index in [0.717, 1.165) is 10.4 Å². The molecule has 3 N–H and O–H groups in total. The number of sulfonamides is 1. The molecule has 1 aromatic carbocycles. The number of nitrogens with one attached hydrogen (secondary N) is 1. The fraction of sp³-hybridized carbons (Fsp3) is 0.222. The zero-order chi connectivity index (χ0) is 13.2. The van der Waals surface area contributed by atoms with Crippen molar-refractivity contribution in [3.05, 3.63) is 29.8 Å². The lowest BCUT2D eigenvalue weighted by atomic mass is 10.2. The van der Waals surface area contributed by atoms with Crippen molar-refractivity contribution in [1.29, 1.82) is 0 Å². The van der Waals surface area contributed by atoms with E-state index in [1.165, 1.54) is 12.1 Å². The third-order valence-corrected chi connectivity index (χ3v) is 3.55. The predicted molar refractivity (Wildman–Crippen MR) is 71.2 cm³/mol. The second kappa shape index (κ2) is 5.95. The summed E-state index contributed by atoms with van der Waals surface area (Å²) in [7, 11) is -2.15. The van der Waals surface area contributed by atoms with E-state index >= 15 is 0 Å². The summed E-state index contributed by atoms with van der Waals surface area (Å²) in [4.78, 5) is 1.28. The molecule has 0 saturated carbocycles. The minimum Gasteiger partial charge on any atom is -0.326 e. The molecule has 0 atom stereocenters. The van der Waals surface area contributed by atoms with E-state index < -0.39 is 10.0 Å². The average molecular weight is 305 g/mol. The Bertz CT molecular complexity index is 639. The molecule has 0 radical (unpaired) electrons. The molecule has 0 saturated heterocycles. The lowest BCUT2D eigenvalue weighted by Gasteiger charge is -2.04. The molecule has 2 aromatic rings. The number of nitrogens with zero attached hydrogens (tertiary/aromatic N) is 4. The number of rotatable bonds is 4. The van der Waals surface area contributed by atoms with Crippen molar-refractivity contribution in [2.45, 2.75) is 11.4 Å². The highest BCUT2D eigenvalue weighted by molar-refractivity contribution is 7.92. The van der Waals surface area contributed by atoms with Crippen LogP contribution in [0, 0.1) is 0 Å². The second-order valence-corrected chi connectivity index (χ2v) is 5.24. The van der Waals surface area contributed by atoms with Gasteiger partial charge in [-0.3, -0.25) is 0 Å². The summed E-state index contributed by atoms with van der Waals surface area (Å²) >= 11 is 0. The van der Waals surface area contributed by atoms with Crippen LogP contribution < -0.4 is 10.5 Å². The van der Waals surface area contributed by atoms with Crippen LogP contribution in [0.5, 0.6) is 0 Å². The molecule has 19 heavy (non-hydrogen) atoms. The van der Waals surface area contributed by atoms with Crippen molar-refractivity contribution in [3.63, 3.8) is 0 Å². The maximum Gasteiger partial charge on any atom is 0.277 e. The number of hydrogen-bond acceptors (Lipinski definition) is 6. The first kappa shape index (κ1) is 15.3. The van der Waals surface area contributed by atoms with Crippen LogP contribution in [0.2, 0.25) is 0 Å². The first-order valence-electron chi connectivity index (χ1n) is 5.07. The quantitative estimate of drug-likeness (QED) is 0.814. The van der Waals surface area contributed by atoms with Gasteiger partial charge in [-0.05, 0) is 22.9 Å². The summed E-state index contributed by atoms with van der Waals surface area (Å²) < 4.78 is 26.1. The van der Waals surface area contributed by atoms with Gasteiger partial charge in [0.1, 0.15) is 0 Å². The van der Waals surface area contributed by atoms with Crippen LogP contribution in [0.25, 0.3) is 0 Å². The third kappa shape index (κ3) is 3.63. The first-order valence-corrected chi connectivity index (χ1v) is 6.55. The molecular formula is C9H13ClN6O2S. The van der Waals surface area contributed by atoms with Crippen molar-refractivity contribution < 1.29 is 8.42 Å². The number of aryl methyl sites for hydroxylation is 1. The summed E-state index contributed by atoms with van der Waals surface area (Å²) in [5, 5.41) is 10.8. The van der Waals surface area contributed by atoms with Crippen LogP contribution in [-0.2, 0) is 23.6 Å². The van der Waals surface area contributed by atoms with Gasteiger partial charge in [0, 0.05) is 6.54 Å². The molecule has 2 rings (SSSR count). The number of halogens is 1. The molecule has 0 bridgehead atoms. The fourth-order valence-corrected chi connectivity index (χ4v) is 2.24. The topological polar surface area (TPSA) is 116 Å². The molecule has 1 heterocycles. The van der Waals surface area contributed by atoms with Crippen LogP contribution in [0.15, 0.2) is 29.2 Å². The van der Waals surface area contributed by atoms with Crippen LogP contribution in [0.4, 0.5) is 5.95 Å². The van der Waals surface area contributed by atoms with Crippen LogP contribution in [0.1, 0.15) is 5.56 Å². The van der Waals surface area contributed by atoms with Gasteiger partial charge in [0.25, 0.3) is 16.0 Å². The van der Waals surface area contributed by atoms with Crippen molar-refractivity contribution in [3.8, 4) is 0 Å². The number of tetrazole rings is 1. The normalized spacial score (nSPS) is 10.8. The maximum atomic E-state index is 12.0. The van der Waals surface area contributed by atoms with Gasteiger partial charge in [0.15, 0.2) is 0 Å². The molecule has 0 aliphatic heterocycles. The molecule has 0 aliphatic rings. The van der Waals surface area contributed by atoms with Crippen LogP contribution in [-0.4, -0.2) is 28.6 Å². The van der Waals surface area contributed by atoms with E-state index in [1.54, 1.807) is 19.2 Å². The van der Waals surface area contributed by atoms with Gasteiger partial charge >= 0.3 is 0 Å². The van der Waals surface area contributed by atoms with Crippen molar-refractivity contribution in [2.24, 2.45) is 12.8 Å². The first-order chi connectivity index (χ1) is 8.51. The Labute approximate surface area is 116 Å². The molecule has 104 valence electrons. The Morgan fingerprint density at radius 2 is 1.95 bits per heavy atom. The summed E-state index contributed by atoms with van der Waals surface area (Å²) in [5.41, 5.74) is 6.29. The third-order valence-electron chi connectivity index (χ3n) is 2.20. The van der Waals surface area contributed by atoms with Gasteiger partial charge in [0.05, 0.1) is 11.9 Å². The summed E-state index contributed by atoms with van der Waals surface area (Å²) in [6.07, 6.45) is 0. The summed E-state index contributed by atoms with van der Waals surface area (Å²) in [6.45, 7) is 0.361. The minimum atomic E-state index is -3.69. The monoisotopic (exact) mass is 304 g/mol. The van der Waals surface area contributed by atoms with Gasteiger partial charge in [-0.1, -0.05) is 17.2 Å². The highest BCUT2D eigenvalue weighted by atomic mass is 35.5. The van der Waals surface area contributed by atoms with Gasteiger partial charge in [-0.15, -0.1) is 17.5 Å². The zero-order valence-electron chi connectivity index (χ0n) is 10.0. The smallest absolute Gasteiger partial charge is 0.277 e. The number of anilines is 1. The number of nitrogens with two attached hydrogens (primary N) is 1. The minimum absolute atomic E-state index is 0. The molecular weight excluding hydrogens is 292 g/mol. The Morgan fingerprint density at radius 3 is 2.42 bits per heavy atom. The highest BCUT2D eigenvalue weighted by Crippen LogP contribution is 2.13. The fourth-order valence-electron chi connectivity index (χ4n) is 1.31. The molecule has 8 nitrogen and oxygen atoms in total. The van der Waals surface area contributed by atoms with Crippen molar-refractivity contribution in [1.82, 2.24) is 20.2 Å². The van der Waals surface area contributed by atoms with E-state index in [-0.39, 0.29) is 23.3 Å². The maximum absolute atomic E-state index is 12.0. The van der Waals surface area contributed by atoms with E-state index in [4.69, 9.17) is 5.73 Å². The zero-order valence-corrected chi connectivity index (χ0v) is 11.6. The van der Waals surface area contributed by atoms with E-state index in [1.807, 2.05) is 0 Å². The van der Waals surface area contributed by atoms with Crippen molar-refractivity contribution in [2.75, 3.05) is 4.72 Å². The molecule has 10 heteroatoms. The number of hydrogen-bond donors (Lipinski definition) is 2. The molecule has 0 fully saturated rings. The second-order valence-electron chi connectivity index (χ2n) is 3.56. The van der Waals surface area contributed by atoms with Gasteiger partial charge < -0.3 is 5.73 Å².